The lowest BCUT2D eigenvalue weighted by Gasteiger charge is -2.23. The first-order valence-corrected chi connectivity index (χ1v) is 8.68. The van der Waals surface area contributed by atoms with Crippen LogP contribution in [0.5, 0.6) is 0 Å². The summed E-state index contributed by atoms with van der Waals surface area (Å²) in [5.41, 5.74) is 6.35. The first kappa shape index (κ1) is 17.8. The van der Waals surface area contributed by atoms with Crippen LogP contribution in [0.4, 0.5) is 0 Å². The second-order valence-corrected chi connectivity index (χ2v) is 6.17. The van der Waals surface area contributed by atoms with Crippen molar-refractivity contribution in [2.75, 3.05) is 39.4 Å². The molecule has 1 saturated heterocycles. The number of nitrogens with zero attached hydrogens (tertiary/aromatic N) is 1. The van der Waals surface area contributed by atoms with E-state index in [1.807, 2.05) is 0 Å². The zero-order chi connectivity index (χ0) is 16.5. The van der Waals surface area contributed by atoms with Gasteiger partial charge in [0.1, 0.15) is 13.1 Å². The summed E-state index contributed by atoms with van der Waals surface area (Å²) in [7, 11) is 0. The lowest BCUT2D eigenvalue weighted by Crippen LogP contribution is -3.14. The van der Waals surface area contributed by atoms with Gasteiger partial charge < -0.3 is 15.0 Å². The molecule has 0 saturated carbocycles. The standard InChI is InChI=1S/C17H26N4OS/c1-3-16(15-6-4-14(2)5-7-15)19-20-17(23)18-8-9-21-10-12-22-13-11-21/h4-7H,3,8-13H2,1-2H3,(H2,18,20,23)/p+1/b19-16-. The van der Waals surface area contributed by atoms with Crippen LogP contribution in [0.2, 0.25) is 0 Å². The Hall–Kier alpha value is -1.50. The van der Waals surface area contributed by atoms with E-state index in [1.165, 1.54) is 5.56 Å². The molecule has 0 spiro atoms. The Labute approximate surface area is 144 Å². The van der Waals surface area contributed by atoms with Gasteiger partial charge in [-0.15, -0.1) is 0 Å². The van der Waals surface area contributed by atoms with Crippen LogP contribution in [0, 0.1) is 6.92 Å². The van der Waals surface area contributed by atoms with Crippen LogP contribution in [-0.2, 0) is 4.74 Å². The average molecular weight is 335 g/mol. The first-order chi connectivity index (χ1) is 11.2. The largest absolute Gasteiger partial charge is 0.370 e. The molecule has 6 heteroatoms. The number of thiocarbonyl (C=S) groups is 1. The maximum absolute atomic E-state index is 5.36. The number of benzene rings is 1. The Kier molecular flexibility index (Phi) is 7.45. The topological polar surface area (TPSA) is 50.1 Å². The van der Waals surface area contributed by atoms with Crippen molar-refractivity contribution in [2.24, 2.45) is 5.10 Å². The molecule has 1 fully saturated rings. The van der Waals surface area contributed by atoms with Gasteiger partial charge in [-0.1, -0.05) is 36.8 Å². The monoisotopic (exact) mass is 335 g/mol. The predicted octanol–water partition coefficient (Wildman–Crippen LogP) is 0.488. The fraction of sp³-hybridized carbons (Fsp3) is 0.529. The number of aryl methyl sites for hydroxylation is 1. The molecule has 1 aromatic rings. The molecule has 0 radical (unpaired) electrons. The second kappa shape index (κ2) is 9.60. The third-order valence-corrected chi connectivity index (χ3v) is 4.21. The van der Waals surface area contributed by atoms with Gasteiger partial charge in [-0.3, -0.25) is 5.43 Å². The SMILES string of the molecule is CC/C(=N/NC(=S)NCC[NH+]1CCOCC1)c1ccc(C)cc1. The summed E-state index contributed by atoms with van der Waals surface area (Å²) in [6.07, 6.45) is 0.858. The van der Waals surface area contributed by atoms with Gasteiger partial charge in [0, 0.05) is 0 Å². The van der Waals surface area contributed by atoms with Crippen molar-refractivity contribution in [3.05, 3.63) is 35.4 Å². The molecule has 1 aromatic carbocycles. The fourth-order valence-electron chi connectivity index (χ4n) is 2.51. The Morgan fingerprint density at radius 2 is 1.96 bits per heavy atom. The number of quaternary nitrogens is 1. The van der Waals surface area contributed by atoms with E-state index in [0.29, 0.717) is 5.11 Å². The molecule has 0 unspecified atom stereocenters. The van der Waals surface area contributed by atoms with Gasteiger partial charge in [0.15, 0.2) is 5.11 Å². The normalized spacial score (nSPS) is 16.2. The Morgan fingerprint density at radius 1 is 1.26 bits per heavy atom. The smallest absolute Gasteiger partial charge is 0.187 e. The quantitative estimate of drug-likeness (QED) is 0.402. The zero-order valence-corrected chi connectivity index (χ0v) is 14.8. The van der Waals surface area contributed by atoms with E-state index in [2.05, 4.69) is 54.0 Å². The molecule has 23 heavy (non-hydrogen) atoms. The van der Waals surface area contributed by atoms with Crippen molar-refractivity contribution in [1.29, 1.82) is 0 Å². The number of nitrogens with one attached hydrogen (secondary N) is 3. The van der Waals surface area contributed by atoms with Crippen LogP contribution in [0.15, 0.2) is 29.4 Å². The predicted molar refractivity (Wildman–Crippen MR) is 98.1 cm³/mol. The van der Waals surface area contributed by atoms with Crippen molar-refractivity contribution < 1.29 is 9.64 Å². The highest BCUT2D eigenvalue weighted by atomic mass is 32.1. The molecule has 0 atom stereocenters. The number of morpholine rings is 1. The van der Waals surface area contributed by atoms with Crippen LogP contribution in [0.25, 0.3) is 0 Å². The number of hydrogen-bond acceptors (Lipinski definition) is 3. The number of ether oxygens (including phenoxy) is 1. The summed E-state index contributed by atoms with van der Waals surface area (Å²) in [5.74, 6) is 0. The first-order valence-electron chi connectivity index (χ1n) is 8.27. The van der Waals surface area contributed by atoms with E-state index < -0.39 is 0 Å². The van der Waals surface area contributed by atoms with Crippen LogP contribution in [0.3, 0.4) is 0 Å². The molecule has 1 aliphatic rings. The Balaban J connectivity index is 1.75. The summed E-state index contributed by atoms with van der Waals surface area (Å²) < 4.78 is 5.36. The zero-order valence-electron chi connectivity index (χ0n) is 14.0. The summed E-state index contributed by atoms with van der Waals surface area (Å²) in [6, 6.07) is 8.39. The van der Waals surface area contributed by atoms with E-state index >= 15 is 0 Å². The highest BCUT2D eigenvalue weighted by Gasteiger charge is 2.12. The van der Waals surface area contributed by atoms with E-state index in [1.54, 1.807) is 4.90 Å². The minimum atomic E-state index is 0.579. The third-order valence-electron chi connectivity index (χ3n) is 3.98. The van der Waals surface area contributed by atoms with E-state index in [4.69, 9.17) is 17.0 Å². The molecule has 1 heterocycles. The van der Waals surface area contributed by atoms with Crippen molar-refractivity contribution in [3.8, 4) is 0 Å². The molecule has 3 N–H and O–H groups in total. The Morgan fingerprint density at radius 3 is 2.61 bits per heavy atom. The van der Waals surface area contributed by atoms with Crippen molar-refractivity contribution in [3.63, 3.8) is 0 Å². The molecular formula is C17H27N4OS+. The van der Waals surface area contributed by atoms with Crippen molar-refractivity contribution in [2.45, 2.75) is 20.3 Å². The summed E-state index contributed by atoms with van der Waals surface area (Å²) >= 11 is 5.29. The lowest BCUT2D eigenvalue weighted by atomic mass is 10.1. The number of hydrogen-bond donors (Lipinski definition) is 3. The number of rotatable bonds is 6. The molecule has 126 valence electrons. The van der Waals surface area contributed by atoms with Gasteiger partial charge in [0.05, 0.1) is 32.0 Å². The van der Waals surface area contributed by atoms with E-state index in [9.17, 15) is 0 Å². The van der Waals surface area contributed by atoms with Gasteiger partial charge >= 0.3 is 0 Å². The molecule has 0 amide bonds. The highest BCUT2D eigenvalue weighted by molar-refractivity contribution is 7.80. The molecule has 0 aliphatic carbocycles. The van der Waals surface area contributed by atoms with Gasteiger partial charge in [-0.2, -0.15) is 5.10 Å². The van der Waals surface area contributed by atoms with Gasteiger partial charge in [-0.05, 0) is 31.1 Å². The van der Waals surface area contributed by atoms with E-state index in [0.717, 1.165) is 57.1 Å². The summed E-state index contributed by atoms with van der Waals surface area (Å²) in [4.78, 5) is 1.56. The van der Waals surface area contributed by atoms with Crippen molar-refractivity contribution in [1.82, 2.24) is 10.7 Å². The van der Waals surface area contributed by atoms with Gasteiger partial charge in [0.25, 0.3) is 0 Å². The fourth-order valence-corrected chi connectivity index (χ4v) is 2.66. The van der Waals surface area contributed by atoms with Gasteiger partial charge in [-0.25, -0.2) is 0 Å². The summed E-state index contributed by atoms with van der Waals surface area (Å²) in [6.45, 7) is 9.95. The Bertz CT molecular complexity index is 524. The second-order valence-electron chi connectivity index (χ2n) is 5.76. The maximum atomic E-state index is 5.36. The van der Waals surface area contributed by atoms with Crippen LogP contribution >= 0.6 is 12.2 Å². The van der Waals surface area contributed by atoms with Crippen LogP contribution < -0.4 is 15.6 Å². The number of hydrazone groups is 1. The summed E-state index contributed by atoms with van der Waals surface area (Å²) in [5, 5.41) is 8.24. The minimum Gasteiger partial charge on any atom is -0.370 e. The molecule has 5 nitrogen and oxygen atoms in total. The third kappa shape index (κ3) is 6.25. The van der Waals surface area contributed by atoms with Gasteiger partial charge in [0.2, 0.25) is 0 Å². The van der Waals surface area contributed by atoms with Crippen molar-refractivity contribution >= 4 is 23.0 Å². The molecular weight excluding hydrogens is 308 g/mol. The molecule has 1 aliphatic heterocycles. The van der Waals surface area contributed by atoms with Crippen LogP contribution in [0.1, 0.15) is 24.5 Å². The maximum Gasteiger partial charge on any atom is 0.187 e. The molecule has 0 bridgehead atoms. The molecule has 2 rings (SSSR count). The highest BCUT2D eigenvalue weighted by Crippen LogP contribution is 2.06. The minimum absolute atomic E-state index is 0.579. The van der Waals surface area contributed by atoms with Crippen LogP contribution in [-0.4, -0.2) is 50.2 Å². The molecule has 0 aromatic heterocycles. The van der Waals surface area contributed by atoms with E-state index in [-0.39, 0.29) is 0 Å². The average Bonchev–Trinajstić information content (AvgIpc) is 2.58. The lowest BCUT2D eigenvalue weighted by molar-refractivity contribution is -0.906.